The van der Waals surface area contributed by atoms with Gasteiger partial charge in [-0.15, -0.1) is 0 Å². The summed E-state index contributed by atoms with van der Waals surface area (Å²) in [6.45, 7) is 11.5. The van der Waals surface area contributed by atoms with Crippen molar-refractivity contribution >= 4 is 5.91 Å². The Balaban J connectivity index is 2.62. The molecule has 1 amide bonds. The average molecular weight is 283 g/mol. The van der Waals surface area contributed by atoms with Crippen LogP contribution in [0.1, 0.15) is 53.4 Å². The van der Waals surface area contributed by atoms with Gasteiger partial charge in [0.2, 0.25) is 5.91 Å². The Labute approximate surface area is 124 Å². The molecule has 0 aliphatic heterocycles. The van der Waals surface area contributed by atoms with Crippen LogP contribution in [-0.4, -0.2) is 36.0 Å². The highest BCUT2D eigenvalue weighted by atomic mass is 16.1. The molecular formula is C16H33N3O. The summed E-state index contributed by atoms with van der Waals surface area (Å²) in [6, 6.07) is 0. The van der Waals surface area contributed by atoms with Crippen LogP contribution in [0.25, 0.3) is 0 Å². The molecule has 0 aromatic rings. The Hall–Kier alpha value is -0.610. The fourth-order valence-corrected chi connectivity index (χ4v) is 2.53. The third kappa shape index (κ3) is 5.41. The van der Waals surface area contributed by atoms with Crippen LogP contribution >= 0.6 is 0 Å². The Morgan fingerprint density at radius 2 is 1.60 bits per heavy atom. The third-order valence-electron chi connectivity index (χ3n) is 4.30. The highest BCUT2D eigenvalue weighted by molar-refractivity contribution is 5.85. The van der Waals surface area contributed by atoms with Crippen molar-refractivity contribution in [3.05, 3.63) is 0 Å². The molecule has 20 heavy (non-hydrogen) atoms. The molecule has 1 aliphatic rings. The van der Waals surface area contributed by atoms with Crippen molar-refractivity contribution in [1.29, 1.82) is 0 Å². The zero-order valence-corrected chi connectivity index (χ0v) is 13.7. The lowest BCUT2D eigenvalue weighted by Crippen LogP contribution is -2.61. The van der Waals surface area contributed by atoms with E-state index in [9.17, 15) is 4.79 Å². The first kappa shape index (κ1) is 17.4. The van der Waals surface area contributed by atoms with E-state index in [-0.39, 0.29) is 5.91 Å². The first-order valence-electron chi connectivity index (χ1n) is 8.06. The molecule has 1 aliphatic carbocycles. The van der Waals surface area contributed by atoms with Gasteiger partial charge in [-0.1, -0.05) is 27.7 Å². The Morgan fingerprint density at radius 3 is 1.90 bits per heavy atom. The second-order valence-corrected chi connectivity index (χ2v) is 7.32. The molecule has 0 aromatic heterocycles. The lowest BCUT2D eigenvalue weighted by Gasteiger charge is -2.34. The van der Waals surface area contributed by atoms with E-state index in [1.165, 1.54) is 0 Å². The van der Waals surface area contributed by atoms with E-state index in [4.69, 9.17) is 11.5 Å². The van der Waals surface area contributed by atoms with E-state index in [1.807, 2.05) is 0 Å². The van der Waals surface area contributed by atoms with Crippen LogP contribution in [0.4, 0.5) is 0 Å². The summed E-state index contributed by atoms with van der Waals surface area (Å²) < 4.78 is 0. The average Bonchev–Trinajstić information content (AvgIpc) is 3.16. The van der Waals surface area contributed by atoms with Gasteiger partial charge < -0.3 is 16.4 Å². The van der Waals surface area contributed by atoms with Gasteiger partial charge in [0.25, 0.3) is 0 Å². The van der Waals surface area contributed by atoms with E-state index in [0.29, 0.717) is 24.3 Å². The SMILES string of the molecule is CC(C)CCN(CCC(C)C)CC(N)(C(N)=O)C1CC1. The molecule has 0 spiro atoms. The molecule has 0 saturated heterocycles. The number of amides is 1. The van der Waals surface area contributed by atoms with Crippen LogP contribution in [0, 0.1) is 17.8 Å². The molecule has 1 atom stereocenters. The Bertz CT molecular complexity index is 301. The van der Waals surface area contributed by atoms with E-state index in [0.717, 1.165) is 38.8 Å². The number of nitrogens with zero attached hydrogens (tertiary/aromatic N) is 1. The minimum Gasteiger partial charge on any atom is -0.368 e. The molecule has 1 unspecified atom stereocenters. The molecule has 0 radical (unpaired) electrons. The molecule has 4 nitrogen and oxygen atoms in total. The molecule has 4 heteroatoms. The predicted octanol–water partition coefficient (Wildman–Crippen LogP) is 1.97. The molecule has 118 valence electrons. The molecule has 0 aromatic carbocycles. The fraction of sp³-hybridized carbons (Fsp3) is 0.938. The Kier molecular flexibility index (Phi) is 6.46. The van der Waals surface area contributed by atoms with Gasteiger partial charge in [0.15, 0.2) is 0 Å². The van der Waals surface area contributed by atoms with Crippen molar-refractivity contribution < 1.29 is 4.79 Å². The maximum atomic E-state index is 11.8. The lowest BCUT2D eigenvalue weighted by molar-refractivity contribution is -0.124. The van der Waals surface area contributed by atoms with Gasteiger partial charge in [0.05, 0.1) is 0 Å². The third-order valence-corrected chi connectivity index (χ3v) is 4.30. The van der Waals surface area contributed by atoms with E-state index >= 15 is 0 Å². The number of nitrogens with two attached hydrogens (primary N) is 2. The van der Waals surface area contributed by atoms with Crippen LogP contribution in [0.15, 0.2) is 0 Å². The van der Waals surface area contributed by atoms with Crippen molar-refractivity contribution in [3.8, 4) is 0 Å². The van der Waals surface area contributed by atoms with Gasteiger partial charge in [-0.25, -0.2) is 0 Å². The smallest absolute Gasteiger partial charge is 0.239 e. The normalized spacial score (nSPS) is 18.8. The standard InChI is InChI=1S/C16H33N3O/c1-12(2)7-9-19(10-8-13(3)4)11-16(18,15(17)20)14-5-6-14/h12-14H,5-11,18H2,1-4H3,(H2,17,20). The van der Waals surface area contributed by atoms with Crippen LogP contribution in [0.5, 0.6) is 0 Å². The molecule has 1 fully saturated rings. The summed E-state index contributed by atoms with van der Waals surface area (Å²) in [7, 11) is 0. The number of hydrogen-bond donors (Lipinski definition) is 2. The van der Waals surface area contributed by atoms with Crippen molar-refractivity contribution in [2.24, 2.45) is 29.2 Å². The van der Waals surface area contributed by atoms with Crippen molar-refractivity contribution in [2.45, 2.75) is 58.9 Å². The van der Waals surface area contributed by atoms with Gasteiger partial charge in [0, 0.05) is 6.54 Å². The molecule has 0 heterocycles. The highest BCUT2D eigenvalue weighted by Crippen LogP contribution is 2.38. The number of carbonyl (C=O) groups is 1. The van der Waals surface area contributed by atoms with E-state index in [1.54, 1.807) is 0 Å². The molecule has 4 N–H and O–H groups in total. The lowest BCUT2D eigenvalue weighted by atomic mass is 9.92. The van der Waals surface area contributed by atoms with Gasteiger partial charge in [-0.3, -0.25) is 4.79 Å². The van der Waals surface area contributed by atoms with Crippen molar-refractivity contribution in [2.75, 3.05) is 19.6 Å². The van der Waals surface area contributed by atoms with Gasteiger partial charge in [-0.05, 0) is 56.5 Å². The molecule has 1 saturated carbocycles. The topological polar surface area (TPSA) is 72.3 Å². The molecular weight excluding hydrogens is 250 g/mol. The zero-order chi connectivity index (χ0) is 15.3. The summed E-state index contributed by atoms with van der Waals surface area (Å²) in [5.41, 5.74) is 11.1. The van der Waals surface area contributed by atoms with Gasteiger partial charge >= 0.3 is 0 Å². The van der Waals surface area contributed by atoms with Crippen LogP contribution in [0.2, 0.25) is 0 Å². The van der Waals surface area contributed by atoms with Crippen LogP contribution in [0.3, 0.4) is 0 Å². The monoisotopic (exact) mass is 283 g/mol. The largest absolute Gasteiger partial charge is 0.368 e. The minimum atomic E-state index is -0.825. The Morgan fingerprint density at radius 1 is 1.15 bits per heavy atom. The molecule has 1 rings (SSSR count). The number of hydrogen-bond acceptors (Lipinski definition) is 3. The van der Waals surface area contributed by atoms with E-state index in [2.05, 4.69) is 32.6 Å². The second kappa shape index (κ2) is 7.41. The van der Waals surface area contributed by atoms with Crippen LogP contribution in [-0.2, 0) is 4.79 Å². The number of primary amides is 1. The maximum absolute atomic E-state index is 11.8. The quantitative estimate of drug-likeness (QED) is 0.644. The van der Waals surface area contributed by atoms with Gasteiger partial charge in [-0.2, -0.15) is 0 Å². The summed E-state index contributed by atoms with van der Waals surface area (Å²) >= 11 is 0. The predicted molar refractivity (Wildman–Crippen MR) is 84.2 cm³/mol. The first-order chi connectivity index (χ1) is 9.25. The summed E-state index contributed by atoms with van der Waals surface area (Å²) in [5, 5.41) is 0. The minimum absolute atomic E-state index is 0.292. The van der Waals surface area contributed by atoms with E-state index < -0.39 is 5.54 Å². The summed E-state index contributed by atoms with van der Waals surface area (Å²) in [6.07, 6.45) is 4.36. The highest BCUT2D eigenvalue weighted by Gasteiger charge is 2.47. The number of carbonyl (C=O) groups excluding carboxylic acids is 1. The van der Waals surface area contributed by atoms with Gasteiger partial charge in [0.1, 0.15) is 5.54 Å². The molecule has 0 bridgehead atoms. The van der Waals surface area contributed by atoms with Crippen molar-refractivity contribution in [3.63, 3.8) is 0 Å². The fourth-order valence-electron chi connectivity index (χ4n) is 2.53. The summed E-state index contributed by atoms with van der Waals surface area (Å²) in [5.74, 6) is 1.29. The maximum Gasteiger partial charge on any atom is 0.239 e. The van der Waals surface area contributed by atoms with Crippen molar-refractivity contribution in [1.82, 2.24) is 4.90 Å². The zero-order valence-electron chi connectivity index (χ0n) is 13.7. The first-order valence-corrected chi connectivity index (χ1v) is 8.06. The number of rotatable bonds is 10. The van der Waals surface area contributed by atoms with Crippen LogP contribution < -0.4 is 11.5 Å². The second-order valence-electron chi connectivity index (χ2n) is 7.32. The summed E-state index contributed by atoms with van der Waals surface area (Å²) in [4.78, 5) is 14.1.